The zero-order valence-electron chi connectivity index (χ0n) is 9.87. The molecule has 0 saturated heterocycles. The van der Waals surface area contributed by atoms with E-state index < -0.39 is 11.6 Å². The SMILES string of the molecule is Fc1cnc(N2[B]N(c3ccccc3)C=C2)c(F)c1. The van der Waals surface area contributed by atoms with Crippen molar-refractivity contribution in [1.82, 2.24) is 4.98 Å². The van der Waals surface area contributed by atoms with E-state index in [1.165, 1.54) is 4.81 Å². The molecule has 93 valence electrons. The molecule has 0 bridgehead atoms. The van der Waals surface area contributed by atoms with Gasteiger partial charge < -0.3 is 9.62 Å². The summed E-state index contributed by atoms with van der Waals surface area (Å²) in [7, 11) is 1.68. The van der Waals surface area contributed by atoms with E-state index in [1.54, 1.807) is 19.9 Å². The van der Waals surface area contributed by atoms with Crippen LogP contribution in [0.4, 0.5) is 20.3 Å². The van der Waals surface area contributed by atoms with Gasteiger partial charge >= 0.3 is 7.55 Å². The van der Waals surface area contributed by atoms with Crippen LogP contribution in [0.25, 0.3) is 0 Å². The number of halogens is 2. The maximum atomic E-state index is 13.6. The van der Waals surface area contributed by atoms with Crippen LogP contribution in [0.5, 0.6) is 0 Å². The first-order valence-electron chi connectivity index (χ1n) is 5.70. The zero-order chi connectivity index (χ0) is 13.2. The highest BCUT2D eigenvalue weighted by Gasteiger charge is 2.22. The molecule has 1 aromatic heterocycles. The van der Waals surface area contributed by atoms with Crippen molar-refractivity contribution in [1.29, 1.82) is 0 Å². The molecular weight excluding hydrogens is 247 g/mol. The molecule has 0 unspecified atom stereocenters. The maximum absolute atomic E-state index is 13.6. The van der Waals surface area contributed by atoms with E-state index in [9.17, 15) is 8.78 Å². The van der Waals surface area contributed by atoms with Gasteiger partial charge in [-0.15, -0.1) is 0 Å². The topological polar surface area (TPSA) is 19.4 Å². The molecule has 1 aliphatic heterocycles. The van der Waals surface area contributed by atoms with Crippen LogP contribution < -0.4 is 9.62 Å². The number of benzene rings is 1. The number of aromatic nitrogens is 1. The van der Waals surface area contributed by atoms with Crippen molar-refractivity contribution >= 4 is 19.1 Å². The first-order chi connectivity index (χ1) is 9.24. The lowest BCUT2D eigenvalue weighted by molar-refractivity contribution is 0.575. The van der Waals surface area contributed by atoms with Crippen molar-refractivity contribution in [2.45, 2.75) is 0 Å². The average Bonchev–Trinajstić information content (AvgIpc) is 2.89. The van der Waals surface area contributed by atoms with E-state index in [-0.39, 0.29) is 5.82 Å². The molecule has 1 aliphatic rings. The molecule has 2 heterocycles. The summed E-state index contributed by atoms with van der Waals surface area (Å²) in [4.78, 5) is 7.08. The van der Waals surface area contributed by atoms with Gasteiger partial charge in [-0.05, 0) is 12.1 Å². The van der Waals surface area contributed by atoms with Crippen LogP contribution in [-0.4, -0.2) is 12.5 Å². The Balaban J connectivity index is 1.82. The second-order valence-electron chi connectivity index (χ2n) is 4.02. The van der Waals surface area contributed by atoms with E-state index in [0.717, 1.165) is 18.0 Å². The molecule has 0 fully saturated rings. The van der Waals surface area contributed by atoms with Gasteiger partial charge in [-0.3, -0.25) is 0 Å². The van der Waals surface area contributed by atoms with Gasteiger partial charge in [-0.2, -0.15) is 0 Å². The standard InChI is InChI=1S/C13H9BF2N3/c15-10-8-12(16)13(17-9-10)19-7-6-18(14-19)11-4-2-1-3-5-11/h1-9H. The Morgan fingerprint density at radius 1 is 1.00 bits per heavy atom. The molecule has 0 aliphatic carbocycles. The van der Waals surface area contributed by atoms with Gasteiger partial charge in [-0.25, -0.2) is 13.8 Å². The molecule has 1 radical (unpaired) electrons. The monoisotopic (exact) mass is 256 g/mol. The van der Waals surface area contributed by atoms with Gasteiger partial charge in [0.05, 0.1) is 6.20 Å². The van der Waals surface area contributed by atoms with Crippen molar-refractivity contribution in [2.75, 3.05) is 9.62 Å². The molecule has 0 spiro atoms. The van der Waals surface area contributed by atoms with Crippen LogP contribution in [-0.2, 0) is 0 Å². The van der Waals surface area contributed by atoms with Crippen LogP contribution in [0, 0.1) is 11.6 Å². The van der Waals surface area contributed by atoms with Crippen LogP contribution in [0.2, 0.25) is 0 Å². The molecule has 2 aromatic rings. The van der Waals surface area contributed by atoms with Gasteiger partial charge in [-0.1, -0.05) is 18.2 Å². The Bertz CT molecular complexity index is 619. The number of hydrogen-bond donors (Lipinski definition) is 0. The maximum Gasteiger partial charge on any atom is 0.401 e. The molecule has 0 saturated carbocycles. The summed E-state index contributed by atoms with van der Waals surface area (Å²) in [6, 6.07) is 10.4. The van der Waals surface area contributed by atoms with Crippen LogP contribution >= 0.6 is 0 Å². The Labute approximate surface area is 110 Å². The Morgan fingerprint density at radius 2 is 1.74 bits per heavy atom. The summed E-state index contributed by atoms with van der Waals surface area (Å²) in [6.45, 7) is 0. The number of para-hydroxylation sites is 1. The zero-order valence-corrected chi connectivity index (χ0v) is 9.87. The lowest BCUT2D eigenvalue weighted by Gasteiger charge is -2.18. The highest BCUT2D eigenvalue weighted by atomic mass is 19.1. The first-order valence-corrected chi connectivity index (χ1v) is 5.70. The number of hydrogen-bond acceptors (Lipinski definition) is 3. The molecule has 0 N–H and O–H groups in total. The largest absolute Gasteiger partial charge is 0.401 e. The molecule has 0 amide bonds. The fourth-order valence-electron chi connectivity index (χ4n) is 1.83. The van der Waals surface area contributed by atoms with Crippen molar-refractivity contribution in [3.8, 4) is 0 Å². The van der Waals surface area contributed by atoms with Gasteiger partial charge in [0.25, 0.3) is 0 Å². The van der Waals surface area contributed by atoms with Gasteiger partial charge in [0, 0.05) is 24.2 Å². The molecular formula is C13H9BF2N3. The van der Waals surface area contributed by atoms with Crippen LogP contribution in [0.15, 0.2) is 55.0 Å². The van der Waals surface area contributed by atoms with Crippen molar-refractivity contribution in [3.05, 3.63) is 66.6 Å². The van der Waals surface area contributed by atoms with E-state index in [0.29, 0.717) is 0 Å². The quantitative estimate of drug-likeness (QED) is 0.770. The van der Waals surface area contributed by atoms with Crippen molar-refractivity contribution in [3.63, 3.8) is 0 Å². The van der Waals surface area contributed by atoms with Gasteiger partial charge in [0.2, 0.25) is 0 Å². The summed E-state index contributed by atoms with van der Waals surface area (Å²) in [5.74, 6) is -1.32. The number of nitrogens with zero attached hydrogens (tertiary/aromatic N) is 3. The van der Waals surface area contributed by atoms with Crippen LogP contribution in [0.3, 0.4) is 0 Å². The van der Waals surface area contributed by atoms with Gasteiger partial charge in [0.15, 0.2) is 11.6 Å². The van der Waals surface area contributed by atoms with Crippen molar-refractivity contribution < 1.29 is 8.78 Å². The molecule has 3 nitrogen and oxygen atoms in total. The highest BCUT2D eigenvalue weighted by Crippen LogP contribution is 2.23. The predicted octanol–water partition coefficient (Wildman–Crippen LogP) is 2.69. The molecule has 6 heteroatoms. The Morgan fingerprint density at radius 3 is 2.47 bits per heavy atom. The third kappa shape index (κ3) is 2.29. The minimum absolute atomic E-state index is 0.0658. The van der Waals surface area contributed by atoms with E-state index in [1.807, 2.05) is 35.1 Å². The van der Waals surface area contributed by atoms with E-state index in [4.69, 9.17) is 0 Å². The Hall–Kier alpha value is -2.37. The second-order valence-corrected chi connectivity index (χ2v) is 4.02. The highest BCUT2D eigenvalue weighted by molar-refractivity contribution is 6.49. The van der Waals surface area contributed by atoms with E-state index >= 15 is 0 Å². The fraction of sp³-hybridized carbons (Fsp3) is 0. The lowest BCUT2D eigenvalue weighted by atomic mass is 10.1. The third-order valence-corrected chi connectivity index (χ3v) is 2.72. The normalized spacial score (nSPS) is 13.8. The minimum atomic E-state index is -0.698. The summed E-state index contributed by atoms with van der Waals surface area (Å²) in [5.41, 5.74) is 0.948. The number of anilines is 2. The van der Waals surface area contributed by atoms with Gasteiger partial charge in [0.1, 0.15) is 5.82 Å². The summed E-state index contributed by atoms with van der Waals surface area (Å²) < 4.78 is 26.4. The number of pyridine rings is 1. The summed E-state index contributed by atoms with van der Waals surface area (Å²) >= 11 is 0. The average molecular weight is 256 g/mol. The third-order valence-electron chi connectivity index (χ3n) is 2.72. The fourth-order valence-corrected chi connectivity index (χ4v) is 1.83. The minimum Gasteiger partial charge on any atom is -0.374 e. The van der Waals surface area contributed by atoms with E-state index in [2.05, 4.69) is 4.98 Å². The first kappa shape index (κ1) is 11.7. The summed E-state index contributed by atoms with van der Waals surface area (Å²) in [5, 5.41) is 0. The number of rotatable bonds is 2. The molecule has 19 heavy (non-hydrogen) atoms. The summed E-state index contributed by atoms with van der Waals surface area (Å²) in [6.07, 6.45) is 4.43. The molecule has 0 atom stereocenters. The lowest BCUT2D eigenvalue weighted by Crippen LogP contribution is -2.30. The second kappa shape index (κ2) is 4.72. The predicted molar refractivity (Wildman–Crippen MR) is 70.4 cm³/mol. The van der Waals surface area contributed by atoms with Crippen LogP contribution in [0.1, 0.15) is 0 Å². The van der Waals surface area contributed by atoms with Crippen molar-refractivity contribution in [2.24, 2.45) is 0 Å². The Kier molecular flexibility index (Phi) is 2.91. The molecule has 3 rings (SSSR count). The molecule has 1 aromatic carbocycles. The smallest absolute Gasteiger partial charge is 0.374 e.